The third kappa shape index (κ3) is 3.02. The third-order valence-corrected chi connectivity index (χ3v) is 4.13. The van der Waals surface area contributed by atoms with Crippen LogP contribution in [0.5, 0.6) is 0 Å². The molecule has 2 saturated heterocycles. The number of nitrogens with two attached hydrogens (primary N) is 1. The summed E-state index contributed by atoms with van der Waals surface area (Å²) in [6.07, 6.45) is 3.74. The molecule has 104 valence electrons. The number of piperidine rings is 1. The summed E-state index contributed by atoms with van der Waals surface area (Å²) in [6, 6.07) is 0.562. The summed E-state index contributed by atoms with van der Waals surface area (Å²) in [5.41, 5.74) is 5.74. The van der Waals surface area contributed by atoms with Gasteiger partial charge in [-0.1, -0.05) is 13.3 Å². The van der Waals surface area contributed by atoms with E-state index in [4.69, 9.17) is 10.5 Å². The number of carbonyl (C=O) groups excluding carboxylic acids is 1. The molecule has 18 heavy (non-hydrogen) atoms. The molecule has 2 N–H and O–H groups in total. The van der Waals surface area contributed by atoms with E-state index < -0.39 is 0 Å². The summed E-state index contributed by atoms with van der Waals surface area (Å²) in [5, 5.41) is 0. The first kappa shape index (κ1) is 13.8. The SMILES string of the molecule is CCN1CCCCC1CN1C(=O)COCC1CN. The van der Waals surface area contributed by atoms with Crippen molar-refractivity contribution in [3.05, 3.63) is 0 Å². The van der Waals surface area contributed by atoms with Crippen molar-refractivity contribution in [1.82, 2.24) is 9.80 Å². The zero-order chi connectivity index (χ0) is 13.0. The summed E-state index contributed by atoms with van der Waals surface area (Å²) < 4.78 is 5.27. The molecule has 2 atom stereocenters. The fourth-order valence-electron chi connectivity index (χ4n) is 3.02. The zero-order valence-corrected chi connectivity index (χ0v) is 11.3. The minimum absolute atomic E-state index is 0.0619. The molecule has 2 fully saturated rings. The van der Waals surface area contributed by atoms with Crippen molar-refractivity contribution in [3.63, 3.8) is 0 Å². The maximum Gasteiger partial charge on any atom is 0.248 e. The predicted octanol–water partition coefficient (Wildman–Crippen LogP) is 0.0469. The molecule has 2 aliphatic rings. The molecule has 0 aromatic heterocycles. The van der Waals surface area contributed by atoms with E-state index in [2.05, 4.69) is 11.8 Å². The van der Waals surface area contributed by atoms with Crippen molar-refractivity contribution in [1.29, 1.82) is 0 Å². The van der Waals surface area contributed by atoms with Crippen LogP contribution < -0.4 is 5.73 Å². The van der Waals surface area contributed by atoms with Gasteiger partial charge in [0.25, 0.3) is 0 Å². The van der Waals surface area contributed by atoms with E-state index in [9.17, 15) is 4.79 Å². The molecule has 2 rings (SSSR count). The molecule has 5 nitrogen and oxygen atoms in total. The van der Waals surface area contributed by atoms with E-state index >= 15 is 0 Å². The van der Waals surface area contributed by atoms with Gasteiger partial charge in [0.1, 0.15) is 6.61 Å². The van der Waals surface area contributed by atoms with Gasteiger partial charge in [-0.3, -0.25) is 9.69 Å². The highest BCUT2D eigenvalue weighted by Gasteiger charge is 2.32. The van der Waals surface area contributed by atoms with E-state index in [0.717, 1.165) is 19.6 Å². The molecule has 0 aliphatic carbocycles. The fraction of sp³-hybridized carbons (Fsp3) is 0.923. The molecule has 0 spiro atoms. The number of likely N-dealkylation sites (N-methyl/N-ethyl adjacent to an activating group) is 1. The Kier molecular flexibility index (Phi) is 4.97. The molecular weight excluding hydrogens is 230 g/mol. The van der Waals surface area contributed by atoms with Crippen LogP contribution >= 0.6 is 0 Å². The van der Waals surface area contributed by atoms with Crippen LogP contribution in [0.4, 0.5) is 0 Å². The van der Waals surface area contributed by atoms with Gasteiger partial charge in [-0.25, -0.2) is 0 Å². The molecular formula is C13H25N3O2. The van der Waals surface area contributed by atoms with Crippen molar-refractivity contribution in [3.8, 4) is 0 Å². The number of rotatable bonds is 4. The van der Waals surface area contributed by atoms with Gasteiger partial charge in [-0.15, -0.1) is 0 Å². The summed E-state index contributed by atoms with van der Waals surface area (Å²) in [4.78, 5) is 16.4. The van der Waals surface area contributed by atoms with E-state index in [1.807, 2.05) is 4.90 Å². The van der Waals surface area contributed by atoms with Crippen LogP contribution in [-0.4, -0.2) is 67.2 Å². The Morgan fingerprint density at radius 1 is 1.39 bits per heavy atom. The van der Waals surface area contributed by atoms with Crippen molar-refractivity contribution in [2.75, 3.05) is 39.4 Å². The minimum Gasteiger partial charge on any atom is -0.369 e. The molecule has 0 saturated carbocycles. The number of likely N-dealkylation sites (tertiary alicyclic amines) is 1. The highest BCUT2D eigenvalue weighted by atomic mass is 16.5. The Hall–Kier alpha value is -0.650. The predicted molar refractivity (Wildman–Crippen MR) is 70.3 cm³/mol. The van der Waals surface area contributed by atoms with E-state index in [1.54, 1.807) is 0 Å². The maximum atomic E-state index is 12.0. The number of nitrogens with zero attached hydrogens (tertiary/aromatic N) is 2. The van der Waals surface area contributed by atoms with Gasteiger partial charge in [0.2, 0.25) is 5.91 Å². The molecule has 2 aliphatic heterocycles. The Bertz CT molecular complexity index is 285. The number of amides is 1. The number of ether oxygens (including phenoxy) is 1. The lowest BCUT2D eigenvalue weighted by Crippen LogP contribution is -2.57. The lowest BCUT2D eigenvalue weighted by atomic mass is 10.0. The van der Waals surface area contributed by atoms with Crippen LogP contribution in [-0.2, 0) is 9.53 Å². The van der Waals surface area contributed by atoms with Crippen LogP contribution in [0.3, 0.4) is 0 Å². The summed E-state index contributed by atoms with van der Waals surface area (Å²) in [7, 11) is 0. The molecule has 2 heterocycles. The largest absolute Gasteiger partial charge is 0.369 e. The maximum absolute atomic E-state index is 12.0. The minimum atomic E-state index is 0.0619. The quantitative estimate of drug-likeness (QED) is 0.771. The van der Waals surface area contributed by atoms with Crippen LogP contribution in [0.25, 0.3) is 0 Å². The molecule has 1 amide bonds. The van der Waals surface area contributed by atoms with Crippen molar-refractivity contribution < 1.29 is 9.53 Å². The second-order valence-electron chi connectivity index (χ2n) is 5.23. The monoisotopic (exact) mass is 255 g/mol. The Morgan fingerprint density at radius 2 is 2.22 bits per heavy atom. The summed E-state index contributed by atoms with van der Waals surface area (Å²) >= 11 is 0. The Labute approximate surface area is 109 Å². The highest BCUT2D eigenvalue weighted by molar-refractivity contribution is 5.78. The average Bonchev–Trinajstić information content (AvgIpc) is 2.41. The van der Waals surface area contributed by atoms with E-state index in [0.29, 0.717) is 19.2 Å². The van der Waals surface area contributed by atoms with Gasteiger partial charge in [0, 0.05) is 19.1 Å². The van der Waals surface area contributed by atoms with Crippen LogP contribution in [0.15, 0.2) is 0 Å². The standard InChI is InChI=1S/C13H25N3O2/c1-2-15-6-4-3-5-11(15)8-16-12(7-14)9-18-10-13(16)17/h11-12H,2-10,14H2,1H3. The fourth-order valence-corrected chi connectivity index (χ4v) is 3.02. The lowest BCUT2D eigenvalue weighted by Gasteiger charge is -2.42. The van der Waals surface area contributed by atoms with Crippen molar-refractivity contribution in [2.24, 2.45) is 5.73 Å². The van der Waals surface area contributed by atoms with Gasteiger partial charge in [-0.05, 0) is 25.9 Å². The number of hydrogen-bond acceptors (Lipinski definition) is 4. The molecule has 0 bridgehead atoms. The molecule has 0 aromatic carbocycles. The topological polar surface area (TPSA) is 58.8 Å². The van der Waals surface area contributed by atoms with E-state index in [1.165, 1.54) is 19.3 Å². The van der Waals surface area contributed by atoms with Gasteiger partial charge in [-0.2, -0.15) is 0 Å². The molecule has 0 radical (unpaired) electrons. The number of hydrogen-bond donors (Lipinski definition) is 1. The first-order valence-corrected chi connectivity index (χ1v) is 7.07. The highest BCUT2D eigenvalue weighted by Crippen LogP contribution is 2.19. The first-order chi connectivity index (χ1) is 8.76. The first-order valence-electron chi connectivity index (χ1n) is 7.07. The average molecular weight is 255 g/mol. The van der Waals surface area contributed by atoms with Gasteiger partial charge in [0.05, 0.1) is 12.6 Å². The van der Waals surface area contributed by atoms with Gasteiger partial charge < -0.3 is 15.4 Å². The van der Waals surface area contributed by atoms with Crippen LogP contribution in [0.2, 0.25) is 0 Å². The Balaban J connectivity index is 1.98. The summed E-state index contributed by atoms with van der Waals surface area (Å²) in [5.74, 6) is 0.0957. The number of carbonyl (C=O) groups is 1. The Morgan fingerprint density at radius 3 is 2.94 bits per heavy atom. The van der Waals surface area contributed by atoms with E-state index in [-0.39, 0.29) is 18.6 Å². The zero-order valence-electron chi connectivity index (χ0n) is 11.3. The molecule has 2 unspecified atom stereocenters. The lowest BCUT2D eigenvalue weighted by molar-refractivity contribution is -0.149. The normalized spacial score (nSPS) is 30.8. The second-order valence-corrected chi connectivity index (χ2v) is 5.23. The van der Waals surface area contributed by atoms with Crippen molar-refractivity contribution in [2.45, 2.75) is 38.3 Å². The molecule has 0 aromatic rings. The van der Waals surface area contributed by atoms with Crippen molar-refractivity contribution >= 4 is 5.91 Å². The van der Waals surface area contributed by atoms with Crippen LogP contribution in [0.1, 0.15) is 26.2 Å². The molecule has 5 heteroatoms. The van der Waals surface area contributed by atoms with Crippen LogP contribution in [0, 0.1) is 0 Å². The second kappa shape index (κ2) is 6.50. The van der Waals surface area contributed by atoms with Gasteiger partial charge in [0.15, 0.2) is 0 Å². The summed E-state index contributed by atoms with van der Waals surface area (Å²) in [6.45, 7) is 6.53. The third-order valence-electron chi connectivity index (χ3n) is 4.13. The van der Waals surface area contributed by atoms with Gasteiger partial charge >= 0.3 is 0 Å². The smallest absolute Gasteiger partial charge is 0.248 e. The number of morpholine rings is 1.